The molecule has 0 amide bonds. The van der Waals surface area contributed by atoms with Crippen LogP contribution in [-0.2, 0) is 18.5 Å². The maximum Gasteiger partial charge on any atom is 0.274 e. The second kappa shape index (κ2) is 6.29. The van der Waals surface area contributed by atoms with E-state index in [0.717, 1.165) is 6.04 Å². The third-order valence-corrected chi connectivity index (χ3v) is 5.60. The van der Waals surface area contributed by atoms with Crippen molar-refractivity contribution in [1.82, 2.24) is 9.36 Å². The van der Waals surface area contributed by atoms with E-state index in [2.05, 4.69) is 19.6 Å². The summed E-state index contributed by atoms with van der Waals surface area (Å²) in [6.07, 6.45) is 0. The fourth-order valence-electron chi connectivity index (χ4n) is 2.16. The molecule has 118 valence electrons. The van der Waals surface area contributed by atoms with E-state index in [1.807, 2.05) is 6.07 Å². The number of fused-ring (bicyclic) bond motifs is 1. The van der Waals surface area contributed by atoms with Crippen LogP contribution in [0.1, 0.15) is 5.56 Å². The van der Waals surface area contributed by atoms with Crippen LogP contribution in [0.25, 0.3) is 10.9 Å². The first kappa shape index (κ1) is 16.8. The van der Waals surface area contributed by atoms with E-state index in [0.29, 0.717) is 34.8 Å². The maximum atomic E-state index is 12.3. The van der Waals surface area contributed by atoms with Gasteiger partial charge in [0.15, 0.2) is 0 Å². The molecule has 1 heterocycles. The van der Waals surface area contributed by atoms with Crippen molar-refractivity contribution in [3.8, 4) is 6.07 Å². The molecule has 0 bridgehead atoms. The predicted octanol–water partition coefficient (Wildman–Crippen LogP) is 3.18. The lowest BCUT2D eigenvalue weighted by Crippen LogP contribution is -2.24. The monoisotopic (exact) mass is 337 g/mol. The third-order valence-electron chi connectivity index (χ3n) is 3.58. The Morgan fingerprint density at radius 3 is 2.64 bits per heavy atom. The molecular formula is C15H20ClN3O2Si. The van der Waals surface area contributed by atoms with Crippen LogP contribution in [0.5, 0.6) is 0 Å². The Balaban J connectivity index is 2.31. The lowest BCUT2D eigenvalue weighted by molar-refractivity contribution is 0.0736. The van der Waals surface area contributed by atoms with Gasteiger partial charge in [0.1, 0.15) is 12.8 Å². The number of aromatic nitrogens is 2. The molecule has 1 aromatic heterocycles. The number of benzene rings is 1. The molecule has 0 aliphatic carbocycles. The molecule has 2 aromatic rings. The van der Waals surface area contributed by atoms with Gasteiger partial charge in [-0.15, -0.1) is 0 Å². The van der Waals surface area contributed by atoms with Gasteiger partial charge in [-0.05, 0) is 18.2 Å². The Morgan fingerprint density at radius 1 is 1.36 bits per heavy atom. The highest BCUT2D eigenvalue weighted by atomic mass is 35.5. The summed E-state index contributed by atoms with van der Waals surface area (Å²) in [6.45, 7) is 7.84. The van der Waals surface area contributed by atoms with Gasteiger partial charge in [0, 0.05) is 21.7 Å². The molecule has 0 radical (unpaired) electrons. The average Bonchev–Trinajstić information content (AvgIpc) is 2.65. The molecule has 0 fully saturated rings. The maximum absolute atomic E-state index is 12.3. The fourth-order valence-corrected chi connectivity index (χ4v) is 3.12. The minimum Gasteiger partial charge on any atom is -0.360 e. The van der Waals surface area contributed by atoms with Crippen LogP contribution in [0.15, 0.2) is 16.9 Å². The van der Waals surface area contributed by atoms with Crippen molar-refractivity contribution >= 4 is 30.6 Å². The van der Waals surface area contributed by atoms with Gasteiger partial charge in [-0.1, -0.05) is 31.2 Å². The molecule has 7 heteroatoms. The molecule has 2 rings (SSSR count). The number of rotatable bonds is 5. The highest BCUT2D eigenvalue weighted by Gasteiger charge is 2.15. The molecule has 1 aromatic carbocycles. The third kappa shape index (κ3) is 3.43. The van der Waals surface area contributed by atoms with E-state index in [9.17, 15) is 4.79 Å². The van der Waals surface area contributed by atoms with E-state index >= 15 is 0 Å². The molecule has 0 saturated carbocycles. The largest absolute Gasteiger partial charge is 0.360 e. The van der Waals surface area contributed by atoms with Crippen molar-refractivity contribution in [2.75, 3.05) is 6.61 Å². The molecular weight excluding hydrogens is 318 g/mol. The molecule has 0 aliphatic heterocycles. The lowest BCUT2D eigenvalue weighted by Gasteiger charge is -2.16. The molecule has 0 spiro atoms. The van der Waals surface area contributed by atoms with Crippen molar-refractivity contribution in [3.05, 3.63) is 33.1 Å². The summed E-state index contributed by atoms with van der Waals surface area (Å²) in [6, 6.07) is 6.26. The van der Waals surface area contributed by atoms with Gasteiger partial charge in [-0.3, -0.25) is 14.2 Å². The summed E-state index contributed by atoms with van der Waals surface area (Å²) in [4.78, 5) is 12.3. The van der Waals surface area contributed by atoms with Gasteiger partial charge in [-0.2, -0.15) is 5.26 Å². The summed E-state index contributed by atoms with van der Waals surface area (Å²) >= 11 is 6.08. The quantitative estimate of drug-likeness (QED) is 0.622. The minimum absolute atomic E-state index is 0.156. The first-order valence-electron chi connectivity index (χ1n) is 7.11. The van der Waals surface area contributed by atoms with Crippen molar-refractivity contribution in [1.29, 1.82) is 5.26 Å². The van der Waals surface area contributed by atoms with Crippen LogP contribution < -0.4 is 5.56 Å². The number of hydrogen-bond donors (Lipinski definition) is 0. The first-order chi connectivity index (χ1) is 10.2. The highest BCUT2D eigenvalue weighted by Crippen LogP contribution is 2.22. The van der Waals surface area contributed by atoms with Crippen LogP contribution in [-0.4, -0.2) is 24.0 Å². The van der Waals surface area contributed by atoms with Gasteiger partial charge < -0.3 is 4.74 Å². The Kier molecular flexibility index (Phi) is 4.80. The Bertz CT molecular complexity index is 796. The number of nitriles is 1. The second-order valence-electron chi connectivity index (χ2n) is 6.54. The van der Waals surface area contributed by atoms with Crippen LogP contribution in [0.4, 0.5) is 0 Å². The molecule has 5 nitrogen and oxygen atoms in total. The molecule has 0 unspecified atom stereocenters. The normalized spacial score (nSPS) is 11.8. The Labute approximate surface area is 135 Å². The zero-order valence-electron chi connectivity index (χ0n) is 13.3. The SMILES string of the molecule is Cn1c(=O)c2cc(C#N)c(Cl)cc2n1COCC[Si](C)(C)C. The number of ether oxygens (including phenoxy) is 1. The number of hydrogen-bond acceptors (Lipinski definition) is 3. The average molecular weight is 338 g/mol. The van der Waals surface area contributed by atoms with E-state index in [1.54, 1.807) is 23.9 Å². The second-order valence-corrected chi connectivity index (χ2v) is 12.6. The zero-order valence-corrected chi connectivity index (χ0v) is 15.1. The van der Waals surface area contributed by atoms with E-state index < -0.39 is 8.07 Å². The lowest BCUT2D eigenvalue weighted by atomic mass is 10.2. The summed E-state index contributed by atoms with van der Waals surface area (Å²) in [5, 5.41) is 9.85. The van der Waals surface area contributed by atoms with E-state index in [4.69, 9.17) is 21.6 Å². The Morgan fingerprint density at radius 2 is 2.05 bits per heavy atom. The predicted molar refractivity (Wildman–Crippen MR) is 91.0 cm³/mol. The molecule has 0 aliphatic rings. The highest BCUT2D eigenvalue weighted by molar-refractivity contribution is 6.76. The minimum atomic E-state index is -1.14. The molecule has 0 N–H and O–H groups in total. The fraction of sp³-hybridized carbons (Fsp3) is 0.467. The van der Waals surface area contributed by atoms with Gasteiger partial charge in [0.05, 0.1) is 21.5 Å². The summed E-state index contributed by atoms with van der Waals surface area (Å²) < 4.78 is 8.97. The van der Waals surface area contributed by atoms with E-state index in [1.165, 1.54) is 4.68 Å². The standard InChI is InChI=1S/C15H20ClN3O2Si/c1-18-15(20)12-7-11(9-17)13(16)8-14(12)19(18)10-21-5-6-22(2,3)4/h7-8H,5-6,10H2,1-4H3. The zero-order chi connectivity index (χ0) is 16.5. The Hall–Kier alpha value is -1.55. The van der Waals surface area contributed by atoms with Crippen LogP contribution in [0, 0.1) is 11.3 Å². The van der Waals surface area contributed by atoms with Crippen LogP contribution >= 0.6 is 11.6 Å². The van der Waals surface area contributed by atoms with Crippen LogP contribution in [0.2, 0.25) is 30.7 Å². The van der Waals surface area contributed by atoms with Crippen molar-refractivity contribution in [3.63, 3.8) is 0 Å². The number of halogens is 1. The summed E-state index contributed by atoms with van der Waals surface area (Å²) in [5.41, 5.74) is 0.838. The van der Waals surface area contributed by atoms with Crippen LogP contribution in [0.3, 0.4) is 0 Å². The van der Waals surface area contributed by atoms with Gasteiger partial charge in [0.25, 0.3) is 5.56 Å². The van der Waals surface area contributed by atoms with Gasteiger partial charge in [-0.25, -0.2) is 0 Å². The molecule has 22 heavy (non-hydrogen) atoms. The molecule has 0 atom stereocenters. The van der Waals surface area contributed by atoms with Crippen molar-refractivity contribution < 1.29 is 4.74 Å². The van der Waals surface area contributed by atoms with Crippen molar-refractivity contribution in [2.45, 2.75) is 32.4 Å². The van der Waals surface area contributed by atoms with Gasteiger partial charge in [0.2, 0.25) is 0 Å². The summed E-state index contributed by atoms with van der Waals surface area (Å²) in [7, 11) is 0.546. The molecule has 0 saturated heterocycles. The van der Waals surface area contributed by atoms with E-state index in [-0.39, 0.29) is 5.56 Å². The number of nitrogens with zero attached hydrogens (tertiary/aromatic N) is 3. The topological polar surface area (TPSA) is 60.0 Å². The van der Waals surface area contributed by atoms with Crippen molar-refractivity contribution in [2.24, 2.45) is 7.05 Å². The first-order valence-corrected chi connectivity index (χ1v) is 11.2. The smallest absolute Gasteiger partial charge is 0.274 e. The summed E-state index contributed by atoms with van der Waals surface area (Å²) in [5.74, 6) is 0. The van der Waals surface area contributed by atoms with Gasteiger partial charge >= 0.3 is 0 Å².